The fraction of sp³-hybridized carbons (Fsp3) is 0. The van der Waals surface area contributed by atoms with Crippen molar-refractivity contribution in [3.05, 3.63) is 176 Å². The molecule has 0 atom stereocenters. The van der Waals surface area contributed by atoms with Crippen molar-refractivity contribution in [2.45, 2.75) is 0 Å². The summed E-state index contributed by atoms with van der Waals surface area (Å²) < 4.78 is 12.2. The van der Waals surface area contributed by atoms with Gasteiger partial charge in [-0.2, -0.15) is 0 Å². The van der Waals surface area contributed by atoms with Crippen LogP contribution in [0.1, 0.15) is 0 Å². The number of hydrogen-bond acceptors (Lipinski definition) is 2. The molecule has 0 unspecified atom stereocenters. The van der Waals surface area contributed by atoms with Crippen molar-refractivity contribution in [3.8, 4) is 16.1 Å². The van der Waals surface area contributed by atoms with E-state index in [2.05, 4.69) is 173 Å². The van der Waals surface area contributed by atoms with E-state index in [0.717, 1.165) is 11.0 Å². The summed E-state index contributed by atoms with van der Waals surface area (Å²) in [5.41, 5.74) is 8.24. The second kappa shape index (κ2) is 11.3. The second-order valence-corrected chi connectivity index (χ2v) is 16.1. The van der Waals surface area contributed by atoms with Crippen LogP contribution in [0, 0.1) is 0 Å². The summed E-state index contributed by atoms with van der Waals surface area (Å²) in [6, 6.07) is 62.2. The van der Waals surface area contributed by atoms with Gasteiger partial charge in [0.1, 0.15) is 10.6 Å². The Balaban J connectivity index is 1.21. The SMILES string of the molecule is c1ccc(P(c2ccccc2)n2c3ccccc3c3ccc4sc(-n5c6ccccc6c6ccc(-c7cccc8occc78)cc65)cc4c32)cc1. The normalized spacial score (nSPS) is 12.1. The van der Waals surface area contributed by atoms with Crippen LogP contribution in [-0.2, 0) is 0 Å². The number of fused-ring (bicyclic) bond motifs is 9. The van der Waals surface area contributed by atoms with Crippen molar-refractivity contribution in [3.63, 3.8) is 0 Å². The summed E-state index contributed by atoms with van der Waals surface area (Å²) in [6.07, 6.45) is 1.78. The number of aromatic nitrogens is 2. The molecule has 4 aromatic heterocycles. The minimum atomic E-state index is -0.908. The van der Waals surface area contributed by atoms with E-state index in [4.69, 9.17) is 4.42 Å². The van der Waals surface area contributed by atoms with Gasteiger partial charge in [0.2, 0.25) is 0 Å². The fourth-order valence-corrected chi connectivity index (χ4v) is 11.6. The van der Waals surface area contributed by atoms with Gasteiger partial charge in [-0.1, -0.05) is 127 Å². The van der Waals surface area contributed by atoms with Crippen LogP contribution < -0.4 is 10.6 Å². The van der Waals surface area contributed by atoms with E-state index in [1.165, 1.54) is 80.4 Å². The van der Waals surface area contributed by atoms with Crippen molar-refractivity contribution >= 4 is 94.7 Å². The molecule has 0 saturated heterocycles. The number of furan rings is 1. The maximum absolute atomic E-state index is 5.78. The van der Waals surface area contributed by atoms with Gasteiger partial charge in [0.25, 0.3) is 0 Å². The molecule has 0 amide bonds. The van der Waals surface area contributed by atoms with Crippen molar-refractivity contribution in [2.24, 2.45) is 0 Å². The van der Waals surface area contributed by atoms with E-state index >= 15 is 0 Å². The van der Waals surface area contributed by atoms with Crippen LogP contribution in [0.5, 0.6) is 0 Å². The van der Waals surface area contributed by atoms with Gasteiger partial charge in [-0.05, 0) is 53.6 Å². The van der Waals surface area contributed by atoms with Crippen LogP contribution in [0.3, 0.4) is 0 Å². The molecule has 0 fully saturated rings. The Morgan fingerprint density at radius 3 is 1.92 bits per heavy atom. The highest BCUT2D eigenvalue weighted by atomic mass is 32.1. The zero-order valence-electron chi connectivity index (χ0n) is 27.4. The van der Waals surface area contributed by atoms with Crippen molar-refractivity contribution < 1.29 is 4.42 Å². The predicted molar refractivity (Wildman–Crippen MR) is 219 cm³/mol. The Morgan fingerprint density at radius 2 is 1.14 bits per heavy atom. The van der Waals surface area contributed by atoms with Gasteiger partial charge in [0.05, 0.1) is 36.4 Å². The summed E-state index contributed by atoms with van der Waals surface area (Å²) in [7, 11) is -0.908. The number of benzene rings is 7. The first kappa shape index (κ1) is 28.9. The second-order valence-electron chi connectivity index (χ2n) is 13.0. The van der Waals surface area contributed by atoms with Gasteiger partial charge >= 0.3 is 0 Å². The van der Waals surface area contributed by atoms with E-state index in [0.29, 0.717) is 0 Å². The Kier molecular flexibility index (Phi) is 6.39. The lowest BCUT2D eigenvalue weighted by molar-refractivity contribution is 0.616. The molecular weight excluding hydrogens is 660 g/mol. The predicted octanol–water partition coefficient (Wildman–Crippen LogP) is 12.4. The number of thiophene rings is 1. The van der Waals surface area contributed by atoms with E-state index in [-0.39, 0.29) is 0 Å². The summed E-state index contributed by atoms with van der Waals surface area (Å²) >= 11 is 1.87. The molecule has 7 aromatic carbocycles. The molecule has 4 heterocycles. The monoisotopic (exact) mass is 688 g/mol. The average molecular weight is 689 g/mol. The summed E-state index contributed by atoms with van der Waals surface area (Å²) in [5.74, 6) is 0. The number of para-hydroxylation sites is 2. The minimum Gasteiger partial charge on any atom is -0.464 e. The summed E-state index contributed by atoms with van der Waals surface area (Å²) in [6.45, 7) is 0. The third-order valence-corrected chi connectivity index (χ3v) is 13.7. The highest BCUT2D eigenvalue weighted by Gasteiger charge is 2.25. The third kappa shape index (κ3) is 4.34. The molecule has 0 bridgehead atoms. The summed E-state index contributed by atoms with van der Waals surface area (Å²) in [4.78, 5) is 0. The quantitative estimate of drug-likeness (QED) is 0.165. The Hall–Kier alpha value is -5.93. The number of nitrogens with zero attached hydrogens (tertiary/aromatic N) is 2. The first-order valence-electron chi connectivity index (χ1n) is 17.2. The molecule has 11 rings (SSSR count). The van der Waals surface area contributed by atoms with Crippen LogP contribution in [0.25, 0.3) is 80.8 Å². The van der Waals surface area contributed by atoms with E-state index in [9.17, 15) is 0 Å². The lowest BCUT2D eigenvalue weighted by Crippen LogP contribution is -2.16. The molecule has 0 aliphatic rings. The van der Waals surface area contributed by atoms with E-state index < -0.39 is 8.07 Å². The van der Waals surface area contributed by atoms with Gasteiger partial charge in [0, 0.05) is 47.6 Å². The van der Waals surface area contributed by atoms with Crippen LogP contribution in [0.4, 0.5) is 0 Å². The lowest BCUT2D eigenvalue weighted by Gasteiger charge is -2.23. The highest BCUT2D eigenvalue weighted by Crippen LogP contribution is 2.48. The molecule has 0 radical (unpaired) electrons. The Labute approximate surface area is 299 Å². The fourth-order valence-electron chi connectivity index (χ4n) is 7.99. The molecule has 51 heavy (non-hydrogen) atoms. The molecule has 0 aliphatic heterocycles. The Morgan fingerprint density at radius 1 is 0.471 bits per heavy atom. The lowest BCUT2D eigenvalue weighted by atomic mass is 10.0. The summed E-state index contributed by atoms with van der Waals surface area (Å²) in [5, 5.41) is 11.4. The number of rotatable bonds is 5. The van der Waals surface area contributed by atoms with Crippen molar-refractivity contribution in [2.75, 3.05) is 0 Å². The maximum atomic E-state index is 5.78. The molecule has 240 valence electrons. The average Bonchev–Trinajstić information content (AvgIpc) is 3.98. The molecule has 0 spiro atoms. The van der Waals surface area contributed by atoms with Crippen LogP contribution in [-0.4, -0.2) is 8.90 Å². The standard InChI is InChI=1S/C46H29N2OPS/c1-3-12-31(13-4-1)50(32-14-5-2-6-15-32)48-41-20-10-8-17-35(41)38-24-25-44-39(46(38)48)29-45(51-44)47-40-19-9-7-16-34(40)36-23-22-30(28-42(36)47)33-18-11-21-43-37(33)26-27-49-43/h1-29H. The van der Waals surface area contributed by atoms with Gasteiger partial charge in [-0.3, -0.25) is 0 Å². The zero-order chi connectivity index (χ0) is 33.5. The molecule has 0 saturated carbocycles. The van der Waals surface area contributed by atoms with Gasteiger partial charge in [-0.15, -0.1) is 11.3 Å². The number of hydrogen-bond donors (Lipinski definition) is 0. The van der Waals surface area contributed by atoms with Crippen LogP contribution >= 0.6 is 19.4 Å². The van der Waals surface area contributed by atoms with Crippen molar-refractivity contribution in [1.29, 1.82) is 0 Å². The van der Waals surface area contributed by atoms with E-state index in [1.807, 2.05) is 17.4 Å². The van der Waals surface area contributed by atoms with E-state index in [1.54, 1.807) is 6.26 Å². The Bertz CT molecular complexity index is 3060. The van der Waals surface area contributed by atoms with Gasteiger partial charge in [0.15, 0.2) is 0 Å². The largest absolute Gasteiger partial charge is 0.464 e. The van der Waals surface area contributed by atoms with Crippen LogP contribution in [0.2, 0.25) is 0 Å². The third-order valence-electron chi connectivity index (χ3n) is 10.2. The van der Waals surface area contributed by atoms with Crippen molar-refractivity contribution in [1.82, 2.24) is 8.90 Å². The highest BCUT2D eigenvalue weighted by molar-refractivity contribution is 7.72. The first-order chi connectivity index (χ1) is 25.3. The molecule has 5 heteroatoms. The first-order valence-corrected chi connectivity index (χ1v) is 19.3. The molecule has 11 aromatic rings. The van der Waals surface area contributed by atoms with Gasteiger partial charge in [-0.25, -0.2) is 0 Å². The molecular formula is C46H29N2OPS. The van der Waals surface area contributed by atoms with Gasteiger partial charge < -0.3 is 13.3 Å². The smallest absolute Gasteiger partial charge is 0.134 e. The molecule has 3 nitrogen and oxygen atoms in total. The molecule has 0 aliphatic carbocycles. The minimum absolute atomic E-state index is 0.906. The maximum Gasteiger partial charge on any atom is 0.134 e. The zero-order valence-corrected chi connectivity index (χ0v) is 29.1. The molecule has 0 N–H and O–H groups in total. The topological polar surface area (TPSA) is 23.0 Å². The van der Waals surface area contributed by atoms with Crippen LogP contribution in [0.15, 0.2) is 181 Å².